The molecule has 31 heavy (non-hydrogen) atoms. The molecule has 0 saturated carbocycles. The number of halogens is 2. The Hall–Kier alpha value is -2.54. The summed E-state index contributed by atoms with van der Waals surface area (Å²) in [6.07, 6.45) is 0. The fourth-order valence-corrected chi connectivity index (χ4v) is 4.42. The van der Waals surface area contributed by atoms with Crippen LogP contribution in [0.2, 0.25) is 10.0 Å². The second-order valence-corrected chi connectivity index (χ2v) is 8.48. The molecule has 0 aromatic heterocycles. The number of likely N-dealkylation sites (N-methyl/N-ethyl adjacent to an activating group) is 2. The number of hydrogen-bond acceptors (Lipinski definition) is 5. The number of anilines is 2. The number of carbonyl (C=O) groups is 2. The van der Waals surface area contributed by atoms with Crippen molar-refractivity contribution < 1.29 is 9.59 Å². The molecule has 1 N–H and O–H groups in total. The number of nitrogens with one attached hydrogen (secondary N) is 1. The third kappa shape index (κ3) is 4.28. The van der Waals surface area contributed by atoms with Crippen molar-refractivity contribution in [3.63, 3.8) is 0 Å². The Labute approximate surface area is 192 Å². The largest absolute Gasteiger partial charge is 0.369 e. The second kappa shape index (κ2) is 8.91. The van der Waals surface area contributed by atoms with Crippen LogP contribution in [0.4, 0.5) is 11.4 Å². The molecule has 0 unspecified atom stereocenters. The Morgan fingerprint density at radius 3 is 2.23 bits per heavy atom. The van der Waals surface area contributed by atoms with E-state index < -0.39 is 11.8 Å². The van der Waals surface area contributed by atoms with Gasteiger partial charge in [-0.2, -0.15) is 0 Å². The summed E-state index contributed by atoms with van der Waals surface area (Å²) in [5.74, 6) is -0.798. The minimum Gasteiger partial charge on any atom is -0.369 e. The zero-order chi connectivity index (χ0) is 22.1. The molecule has 0 radical (unpaired) electrons. The van der Waals surface area contributed by atoms with Crippen LogP contribution in [0.3, 0.4) is 0 Å². The summed E-state index contributed by atoms with van der Waals surface area (Å²) in [7, 11) is 1.46. The van der Waals surface area contributed by atoms with Gasteiger partial charge < -0.3 is 15.1 Å². The molecule has 6 nitrogen and oxygen atoms in total. The summed E-state index contributed by atoms with van der Waals surface area (Å²) >= 11 is 12.3. The number of nitrogens with zero attached hydrogens (tertiary/aromatic N) is 3. The fourth-order valence-electron chi connectivity index (χ4n) is 3.92. The minimum absolute atomic E-state index is 0.209. The van der Waals surface area contributed by atoms with Gasteiger partial charge in [0.2, 0.25) is 0 Å². The molecule has 0 atom stereocenters. The molecule has 2 aromatic carbocycles. The van der Waals surface area contributed by atoms with Gasteiger partial charge in [-0.15, -0.1) is 0 Å². The van der Waals surface area contributed by atoms with E-state index in [2.05, 4.69) is 22.0 Å². The predicted octanol–water partition coefficient (Wildman–Crippen LogP) is 3.96. The van der Waals surface area contributed by atoms with E-state index in [4.69, 9.17) is 23.2 Å². The van der Waals surface area contributed by atoms with Gasteiger partial charge in [0.1, 0.15) is 5.70 Å². The summed E-state index contributed by atoms with van der Waals surface area (Å²) < 4.78 is 0. The lowest BCUT2D eigenvalue weighted by molar-refractivity contribution is -0.135. The third-order valence-corrected chi connectivity index (χ3v) is 6.36. The number of rotatable bonds is 5. The molecule has 0 bridgehead atoms. The van der Waals surface area contributed by atoms with Crippen LogP contribution in [0.1, 0.15) is 12.5 Å². The van der Waals surface area contributed by atoms with E-state index in [1.165, 1.54) is 7.05 Å². The molecule has 162 valence electrons. The summed E-state index contributed by atoms with van der Waals surface area (Å²) in [4.78, 5) is 31.4. The van der Waals surface area contributed by atoms with Crippen LogP contribution in [-0.4, -0.2) is 61.4 Å². The van der Waals surface area contributed by atoms with Gasteiger partial charge in [-0.3, -0.25) is 14.5 Å². The number of amides is 2. The SMILES string of the molecule is CCN1CCN(c2ccc(NC3=C(c4ccc(Cl)cc4Cl)C(=O)N(C)C3=O)cc2)CC1. The number of carbonyl (C=O) groups excluding carboxylic acids is 2. The van der Waals surface area contributed by atoms with Crippen molar-refractivity contribution in [2.45, 2.75) is 6.92 Å². The van der Waals surface area contributed by atoms with Crippen molar-refractivity contribution in [2.24, 2.45) is 0 Å². The monoisotopic (exact) mass is 458 g/mol. The summed E-state index contributed by atoms with van der Waals surface area (Å²) in [5.41, 5.74) is 2.80. The van der Waals surface area contributed by atoms with Crippen molar-refractivity contribution in [2.75, 3.05) is 50.0 Å². The maximum atomic E-state index is 12.8. The van der Waals surface area contributed by atoms with Crippen LogP contribution in [-0.2, 0) is 9.59 Å². The van der Waals surface area contributed by atoms with Crippen molar-refractivity contribution in [3.05, 3.63) is 63.8 Å². The van der Waals surface area contributed by atoms with Crippen LogP contribution in [0.15, 0.2) is 48.2 Å². The Morgan fingerprint density at radius 2 is 1.61 bits per heavy atom. The zero-order valence-corrected chi connectivity index (χ0v) is 19.0. The lowest BCUT2D eigenvalue weighted by atomic mass is 10.0. The highest BCUT2D eigenvalue weighted by Crippen LogP contribution is 2.35. The topological polar surface area (TPSA) is 55.9 Å². The maximum absolute atomic E-state index is 12.8. The molecule has 8 heteroatoms. The first kappa shape index (κ1) is 21.7. The van der Waals surface area contributed by atoms with Crippen LogP contribution >= 0.6 is 23.2 Å². The second-order valence-electron chi connectivity index (χ2n) is 7.64. The number of hydrogen-bond donors (Lipinski definition) is 1. The van der Waals surface area contributed by atoms with Gasteiger partial charge >= 0.3 is 0 Å². The maximum Gasteiger partial charge on any atom is 0.277 e. The van der Waals surface area contributed by atoms with Crippen LogP contribution < -0.4 is 10.2 Å². The average Bonchev–Trinajstić information content (AvgIpc) is 2.98. The summed E-state index contributed by atoms with van der Waals surface area (Å²) in [6.45, 7) is 7.34. The Morgan fingerprint density at radius 1 is 0.935 bits per heavy atom. The van der Waals surface area contributed by atoms with Crippen molar-refractivity contribution in [1.29, 1.82) is 0 Å². The summed E-state index contributed by atoms with van der Waals surface area (Å²) in [5, 5.41) is 3.92. The average molecular weight is 459 g/mol. The first-order valence-corrected chi connectivity index (χ1v) is 11.0. The summed E-state index contributed by atoms with van der Waals surface area (Å²) in [6, 6.07) is 12.8. The molecule has 4 rings (SSSR count). The molecule has 0 spiro atoms. The normalized spacial score (nSPS) is 17.7. The molecular weight excluding hydrogens is 435 g/mol. The Balaban J connectivity index is 1.59. The van der Waals surface area contributed by atoms with Gasteiger partial charge in [-0.05, 0) is 42.9 Å². The predicted molar refractivity (Wildman–Crippen MR) is 126 cm³/mol. The highest BCUT2D eigenvalue weighted by atomic mass is 35.5. The highest BCUT2D eigenvalue weighted by Gasteiger charge is 2.37. The van der Waals surface area contributed by atoms with Gasteiger partial charge in [-0.25, -0.2) is 0 Å². The molecule has 2 aromatic rings. The van der Waals surface area contributed by atoms with Crippen molar-refractivity contribution in [1.82, 2.24) is 9.80 Å². The Bertz CT molecular complexity index is 1040. The molecule has 2 aliphatic heterocycles. The van der Waals surface area contributed by atoms with E-state index in [1.807, 2.05) is 24.3 Å². The van der Waals surface area contributed by atoms with E-state index in [-0.39, 0.29) is 11.3 Å². The standard InChI is InChI=1S/C23H24Cl2N4O2/c1-3-28-10-12-29(13-11-28)17-7-5-16(6-8-17)26-21-20(22(30)27(2)23(21)31)18-9-4-15(24)14-19(18)25/h4-9,14,26H,3,10-13H2,1-2H3. The number of imide groups is 1. The van der Waals surface area contributed by atoms with E-state index in [0.29, 0.717) is 15.6 Å². The smallest absolute Gasteiger partial charge is 0.277 e. The van der Waals surface area contributed by atoms with Crippen molar-refractivity contribution in [3.8, 4) is 0 Å². The van der Waals surface area contributed by atoms with Crippen LogP contribution in [0.5, 0.6) is 0 Å². The van der Waals surface area contributed by atoms with E-state index in [9.17, 15) is 9.59 Å². The first-order valence-electron chi connectivity index (χ1n) is 10.3. The van der Waals surface area contributed by atoms with E-state index in [1.54, 1.807) is 18.2 Å². The number of benzene rings is 2. The molecule has 1 fully saturated rings. The lowest BCUT2D eigenvalue weighted by Crippen LogP contribution is -2.46. The van der Waals surface area contributed by atoms with Crippen LogP contribution in [0, 0.1) is 0 Å². The zero-order valence-electron chi connectivity index (χ0n) is 17.5. The minimum atomic E-state index is -0.401. The van der Waals surface area contributed by atoms with Crippen LogP contribution in [0.25, 0.3) is 5.57 Å². The lowest BCUT2D eigenvalue weighted by Gasteiger charge is -2.35. The van der Waals surface area contributed by atoms with Gasteiger partial charge in [0.15, 0.2) is 0 Å². The first-order chi connectivity index (χ1) is 14.9. The quantitative estimate of drug-likeness (QED) is 0.687. The molecular formula is C23H24Cl2N4O2. The van der Waals surface area contributed by atoms with Crippen molar-refractivity contribution >= 4 is 52.0 Å². The number of piperazine rings is 1. The molecule has 2 aliphatic rings. The fraction of sp³-hybridized carbons (Fsp3) is 0.304. The molecule has 1 saturated heterocycles. The molecule has 0 aliphatic carbocycles. The molecule has 2 heterocycles. The van der Waals surface area contributed by atoms with E-state index >= 15 is 0 Å². The Kier molecular flexibility index (Phi) is 6.23. The highest BCUT2D eigenvalue weighted by molar-refractivity contribution is 6.41. The van der Waals surface area contributed by atoms with Gasteiger partial charge in [0.25, 0.3) is 11.8 Å². The molecule has 2 amide bonds. The van der Waals surface area contributed by atoms with Gasteiger partial charge in [0, 0.05) is 55.2 Å². The van der Waals surface area contributed by atoms with Gasteiger partial charge in [-0.1, -0.05) is 36.2 Å². The van der Waals surface area contributed by atoms with E-state index in [0.717, 1.165) is 49.0 Å². The van der Waals surface area contributed by atoms with Gasteiger partial charge in [0.05, 0.1) is 10.6 Å². The third-order valence-electron chi connectivity index (χ3n) is 5.81.